The first-order valence-electron chi connectivity index (χ1n) is 9.64. The van der Waals surface area contributed by atoms with Crippen LogP contribution >= 0.6 is 7.82 Å². The van der Waals surface area contributed by atoms with Crippen molar-refractivity contribution in [3.05, 3.63) is 78.1 Å². The molecule has 0 aliphatic heterocycles. The number of phosphoric ester groups is 1. The van der Waals surface area contributed by atoms with E-state index in [1.165, 1.54) is 5.56 Å². The molecule has 0 radical (unpaired) electrons. The summed E-state index contributed by atoms with van der Waals surface area (Å²) < 4.78 is 27.1. The van der Waals surface area contributed by atoms with Gasteiger partial charge in [-0.05, 0) is 66.8 Å². The van der Waals surface area contributed by atoms with E-state index < -0.39 is 7.82 Å². The highest BCUT2D eigenvalue weighted by Crippen LogP contribution is 2.46. The molecule has 30 heavy (non-hydrogen) atoms. The Morgan fingerprint density at radius 3 is 2.70 bits per heavy atom. The monoisotopic (exact) mass is 426 g/mol. The Labute approximate surface area is 175 Å². The topological polar surface area (TPSA) is 89.9 Å². The number of phosphoric acid groups is 1. The van der Waals surface area contributed by atoms with Gasteiger partial charge in [-0.15, -0.1) is 0 Å². The Kier molecular flexibility index (Phi) is 6.04. The van der Waals surface area contributed by atoms with Crippen LogP contribution in [0.4, 0.5) is 11.4 Å². The van der Waals surface area contributed by atoms with Gasteiger partial charge in [0.15, 0.2) is 0 Å². The second-order valence-electron chi connectivity index (χ2n) is 7.03. The summed E-state index contributed by atoms with van der Waals surface area (Å²) in [6, 6.07) is 18.6. The minimum atomic E-state index is -4.10. The maximum atomic E-state index is 11.6. The fourth-order valence-corrected chi connectivity index (χ4v) is 3.53. The first-order valence-corrected chi connectivity index (χ1v) is 11.1. The van der Waals surface area contributed by atoms with E-state index in [9.17, 15) is 9.46 Å². The summed E-state index contributed by atoms with van der Waals surface area (Å²) >= 11 is 0. The lowest BCUT2D eigenvalue weighted by Crippen LogP contribution is -2.00. The standard InChI is InChI=1S/C22H23N2O5P/c1-27-30(25,26)29-20-7-4-6-17(13-20)24-22-11-10-19(14-21(22)16-8-9-16)28-15-18-5-2-3-12-23-18/h2-7,10-14,16,24H,8-9,15H2,1H3,(H,25,26). The number of ether oxygens (including phenoxy) is 1. The molecule has 1 atom stereocenters. The fourth-order valence-electron chi connectivity index (χ4n) is 3.07. The molecular weight excluding hydrogens is 403 g/mol. The zero-order valence-corrected chi connectivity index (χ0v) is 17.4. The van der Waals surface area contributed by atoms with Crippen molar-refractivity contribution in [1.29, 1.82) is 0 Å². The van der Waals surface area contributed by atoms with E-state index in [4.69, 9.17) is 9.26 Å². The maximum Gasteiger partial charge on any atom is 0.527 e. The van der Waals surface area contributed by atoms with Crippen LogP contribution in [0.25, 0.3) is 0 Å². The minimum absolute atomic E-state index is 0.246. The van der Waals surface area contributed by atoms with Gasteiger partial charge >= 0.3 is 7.82 Å². The third kappa shape index (κ3) is 5.39. The summed E-state index contributed by atoms with van der Waals surface area (Å²) in [5, 5.41) is 3.38. The van der Waals surface area contributed by atoms with Crippen LogP contribution in [-0.4, -0.2) is 17.0 Å². The largest absolute Gasteiger partial charge is 0.527 e. The maximum absolute atomic E-state index is 11.6. The summed E-state index contributed by atoms with van der Waals surface area (Å²) in [6.45, 7) is 0.415. The molecule has 1 unspecified atom stereocenters. The average Bonchev–Trinajstić information content (AvgIpc) is 3.59. The fraction of sp³-hybridized carbons (Fsp3) is 0.227. The van der Waals surface area contributed by atoms with Gasteiger partial charge in [0, 0.05) is 30.7 Å². The zero-order chi connectivity index (χ0) is 21.0. The minimum Gasteiger partial charge on any atom is -0.487 e. The molecule has 0 spiro atoms. The molecule has 1 heterocycles. The van der Waals surface area contributed by atoms with Gasteiger partial charge in [-0.2, -0.15) is 0 Å². The van der Waals surface area contributed by atoms with Crippen LogP contribution in [-0.2, 0) is 15.7 Å². The van der Waals surface area contributed by atoms with Crippen LogP contribution < -0.4 is 14.6 Å². The molecule has 2 aromatic carbocycles. The smallest absolute Gasteiger partial charge is 0.487 e. The molecule has 0 saturated heterocycles. The van der Waals surface area contributed by atoms with E-state index in [2.05, 4.69) is 20.9 Å². The van der Waals surface area contributed by atoms with E-state index in [1.54, 1.807) is 24.4 Å². The van der Waals surface area contributed by atoms with E-state index in [1.807, 2.05) is 36.4 Å². The third-order valence-corrected chi connectivity index (χ3v) is 5.62. The van der Waals surface area contributed by atoms with Crippen LogP contribution in [0.15, 0.2) is 66.9 Å². The Bertz CT molecular complexity index is 1060. The number of pyridine rings is 1. The lowest BCUT2D eigenvalue weighted by molar-refractivity contribution is 0.243. The highest BCUT2D eigenvalue weighted by Gasteiger charge is 2.27. The SMILES string of the molecule is COP(=O)(O)Oc1cccc(Nc2ccc(OCc3ccccn3)cc2C2CC2)c1. The van der Waals surface area contributed by atoms with Gasteiger partial charge in [0.1, 0.15) is 18.1 Å². The van der Waals surface area contributed by atoms with Crippen molar-refractivity contribution in [1.82, 2.24) is 4.98 Å². The Morgan fingerprint density at radius 2 is 1.97 bits per heavy atom. The van der Waals surface area contributed by atoms with Crippen LogP contribution in [0.2, 0.25) is 0 Å². The first kappa shape index (κ1) is 20.4. The van der Waals surface area contributed by atoms with Crippen molar-refractivity contribution in [2.45, 2.75) is 25.4 Å². The summed E-state index contributed by atoms with van der Waals surface area (Å²) in [4.78, 5) is 13.8. The second-order valence-corrected chi connectivity index (χ2v) is 8.51. The summed E-state index contributed by atoms with van der Waals surface area (Å²) in [6.07, 6.45) is 4.04. The number of hydrogen-bond donors (Lipinski definition) is 2. The number of nitrogens with one attached hydrogen (secondary N) is 1. The molecule has 7 nitrogen and oxygen atoms in total. The van der Waals surface area contributed by atoms with Crippen LogP contribution in [0, 0.1) is 0 Å². The average molecular weight is 426 g/mol. The van der Waals surface area contributed by atoms with Crippen LogP contribution in [0.5, 0.6) is 11.5 Å². The second kappa shape index (κ2) is 8.88. The normalized spacial score (nSPS) is 15.3. The molecule has 1 aliphatic carbocycles. The summed E-state index contributed by atoms with van der Waals surface area (Å²) in [5.74, 6) is 1.54. The van der Waals surface area contributed by atoms with Gasteiger partial charge in [-0.25, -0.2) is 4.57 Å². The van der Waals surface area contributed by atoms with Gasteiger partial charge in [-0.1, -0.05) is 12.1 Å². The summed E-state index contributed by atoms with van der Waals surface area (Å²) in [7, 11) is -2.97. The van der Waals surface area contributed by atoms with Crippen molar-refractivity contribution in [3.63, 3.8) is 0 Å². The number of benzene rings is 2. The molecule has 3 aromatic rings. The molecule has 4 rings (SSSR count). The first-order chi connectivity index (χ1) is 14.5. The number of nitrogens with zero attached hydrogens (tertiary/aromatic N) is 1. The molecule has 0 amide bonds. The van der Waals surface area contributed by atoms with Crippen molar-refractivity contribution in [2.24, 2.45) is 0 Å². The predicted octanol–water partition coefficient (Wildman–Crippen LogP) is 5.41. The molecule has 8 heteroatoms. The Balaban J connectivity index is 1.50. The molecular formula is C22H23N2O5P. The van der Waals surface area contributed by atoms with Gasteiger partial charge < -0.3 is 14.6 Å². The third-order valence-electron chi connectivity index (χ3n) is 4.72. The van der Waals surface area contributed by atoms with Gasteiger partial charge in [-0.3, -0.25) is 14.4 Å². The van der Waals surface area contributed by atoms with E-state index >= 15 is 0 Å². The predicted molar refractivity (Wildman–Crippen MR) is 114 cm³/mol. The van der Waals surface area contributed by atoms with Crippen LogP contribution in [0.3, 0.4) is 0 Å². The quantitative estimate of drug-likeness (QED) is 0.442. The number of anilines is 2. The van der Waals surface area contributed by atoms with Crippen molar-refractivity contribution >= 4 is 19.2 Å². The van der Waals surface area contributed by atoms with Gasteiger partial charge in [0.05, 0.1) is 5.69 Å². The Morgan fingerprint density at radius 1 is 1.10 bits per heavy atom. The lowest BCUT2D eigenvalue weighted by atomic mass is 10.1. The van der Waals surface area contributed by atoms with Gasteiger partial charge in [0.25, 0.3) is 0 Å². The van der Waals surface area contributed by atoms with Crippen molar-refractivity contribution in [2.75, 3.05) is 12.4 Å². The van der Waals surface area contributed by atoms with E-state index in [0.29, 0.717) is 12.5 Å². The Hall–Kier alpha value is -2.86. The van der Waals surface area contributed by atoms with Gasteiger partial charge in [0.2, 0.25) is 0 Å². The number of rotatable bonds is 9. The highest BCUT2D eigenvalue weighted by molar-refractivity contribution is 7.47. The molecule has 1 aromatic heterocycles. The number of aromatic nitrogens is 1. The molecule has 1 fully saturated rings. The van der Waals surface area contributed by atoms with Crippen LogP contribution in [0.1, 0.15) is 30.0 Å². The van der Waals surface area contributed by atoms with E-state index in [0.717, 1.165) is 42.8 Å². The molecule has 2 N–H and O–H groups in total. The number of hydrogen-bond acceptors (Lipinski definition) is 6. The zero-order valence-electron chi connectivity index (χ0n) is 16.5. The summed E-state index contributed by atoms with van der Waals surface area (Å²) in [5.41, 5.74) is 3.78. The lowest BCUT2D eigenvalue weighted by Gasteiger charge is -2.15. The molecule has 156 valence electrons. The highest BCUT2D eigenvalue weighted by atomic mass is 31.2. The van der Waals surface area contributed by atoms with E-state index in [-0.39, 0.29) is 5.75 Å². The molecule has 0 bridgehead atoms. The van der Waals surface area contributed by atoms with Crippen molar-refractivity contribution < 1.29 is 23.2 Å². The van der Waals surface area contributed by atoms with Crippen molar-refractivity contribution in [3.8, 4) is 11.5 Å². The molecule has 1 saturated carbocycles. The molecule has 1 aliphatic rings.